The lowest BCUT2D eigenvalue weighted by Crippen LogP contribution is -2.68. The third-order valence-electron chi connectivity index (χ3n) is 5.93. The number of nitrogens with two attached hydrogens (primary N) is 1. The van der Waals surface area contributed by atoms with Crippen LogP contribution >= 0.6 is 0 Å². The lowest BCUT2D eigenvalue weighted by molar-refractivity contribution is 0.151. The molecule has 1 unspecified atom stereocenters. The van der Waals surface area contributed by atoms with Crippen molar-refractivity contribution >= 4 is 34.5 Å². The summed E-state index contributed by atoms with van der Waals surface area (Å²) in [6.45, 7) is 4.48. The Morgan fingerprint density at radius 3 is 2.87 bits per heavy atom. The first-order chi connectivity index (χ1) is 15.0. The van der Waals surface area contributed by atoms with Crippen LogP contribution in [-0.4, -0.2) is 70.0 Å². The molecule has 0 saturated carbocycles. The number of rotatable bonds is 3. The van der Waals surface area contributed by atoms with E-state index in [1.165, 1.54) is 0 Å². The second-order valence-corrected chi connectivity index (χ2v) is 7.84. The lowest BCUT2D eigenvalue weighted by atomic mass is 10.1. The molecule has 1 atom stereocenters. The minimum Gasteiger partial charge on any atom is -0.496 e. The molecular weight excluding hydrogens is 398 g/mol. The minimum absolute atomic E-state index is 0.0137. The number of ether oxygens (including phenoxy) is 1. The number of methoxy groups -OCH3 is 1. The van der Waals surface area contributed by atoms with Gasteiger partial charge in [0.15, 0.2) is 5.65 Å². The summed E-state index contributed by atoms with van der Waals surface area (Å²) in [4.78, 5) is 26.1. The first-order valence-corrected chi connectivity index (χ1v) is 10.2. The van der Waals surface area contributed by atoms with E-state index in [-0.39, 0.29) is 18.0 Å². The molecule has 3 aromatic rings. The largest absolute Gasteiger partial charge is 0.496 e. The fourth-order valence-electron chi connectivity index (χ4n) is 4.34. The first-order valence-electron chi connectivity index (χ1n) is 10.2. The average molecular weight is 423 g/mol. The number of nitrogens with one attached hydrogen (secondary N) is 1. The van der Waals surface area contributed by atoms with Gasteiger partial charge in [-0.1, -0.05) is 0 Å². The summed E-state index contributed by atoms with van der Waals surface area (Å²) in [5, 5.41) is 6.76. The van der Waals surface area contributed by atoms with E-state index < -0.39 is 0 Å². The van der Waals surface area contributed by atoms with Crippen molar-refractivity contribution in [2.75, 3.05) is 48.9 Å². The van der Waals surface area contributed by atoms with Gasteiger partial charge in [-0.15, -0.1) is 0 Å². The number of carbonyl (C=O) groups is 1. The van der Waals surface area contributed by atoms with Gasteiger partial charge in [0.1, 0.15) is 11.6 Å². The average Bonchev–Trinajstić information content (AvgIpc) is 3.13. The Bertz CT molecular complexity index is 1160. The molecular formula is C20H25N9O2. The van der Waals surface area contributed by atoms with Gasteiger partial charge in [0.2, 0.25) is 5.95 Å². The van der Waals surface area contributed by atoms with E-state index in [1.54, 1.807) is 23.0 Å². The van der Waals surface area contributed by atoms with Gasteiger partial charge in [0.05, 0.1) is 30.4 Å². The zero-order chi connectivity index (χ0) is 21.7. The predicted octanol–water partition coefficient (Wildman–Crippen LogP) is 0.898. The third-order valence-corrected chi connectivity index (χ3v) is 5.93. The molecule has 11 nitrogen and oxygen atoms in total. The molecule has 2 aliphatic rings. The van der Waals surface area contributed by atoms with Crippen LogP contribution in [0, 0.1) is 6.92 Å². The molecule has 2 aromatic heterocycles. The topological polar surface area (TPSA) is 118 Å². The Labute approximate surface area is 179 Å². The van der Waals surface area contributed by atoms with Gasteiger partial charge in [-0.2, -0.15) is 15.1 Å². The van der Waals surface area contributed by atoms with Crippen molar-refractivity contribution < 1.29 is 9.53 Å². The lowest BCUT2D eigenvalue weighted by Gasteiger charge is -2.47. The molecule has 162 valence electrons. The summed E-state index contributed by atoms with van der Waals surface area (Å²) >= 11 is 0. The van der Waals surface area contributed by atoms with E-state index in [9.17, 15) is 4.79 Å². The number of aromatic nitrogens is 4. The fourth-order valence-corrected chi connectivity index (χ4v) is 4.34. The van der Waals surface area contributed by atoms with Gasteiger partial charge in [0, 0.05) is 33.2 Å². The van der Waals surface area contributed by atoms with Crippen molar-refractivity contribution in [2.45, 2.75) is 13.0 Å². The highest BCUT2D eigenvalue weighted by Crippen LogP contribution is 2.29. The van der Waals surface area contributed by atoms with Crippen LogP contribution in [0.3, 0.4) is 0 Å². The number of hydrazine groups is 1. The SMILES string of the molecule is COc1ccc(N2NCC3CN(c4nc(N)nc5c4cnn5C)CCN3C2=O)cc1C. The number of piperazine rings is 1. The van der Waals surface area contributed by atoms with Gasteiger partial charge >= 0.3 is 6.03 Å². The van der Waals surface area contributed by atoms with Crippen LogP contribution in [0.2, 0.25) is 0 Å². The zero-order valence-corrected chi connectivity index (χ0v) is 17.7. The smallest absolute Gasteiger partial charge is 0.339 e. The minimum atomic E-state index is -0.0609. The summed E-state index contributed by atoms with van der Waals surface area (Å²) in [5.41, 5.74) is 11.7. The van der Waals surface area contributed by atoms with Crippen molar-refractivity contribution in [3.8, 4) is 5.75 Å². The van der Waals surface area contributed by atoms with Crippen LogP contribution in [0.1, 0.15) is 5.56 Å². The van der Waals surface area contributed by atoms with Crippen LogP contribution < -0.4 is 25.8 Å². The quantitative estimate of drug-likeness (QED) is 0.638. The zero-order valence-electron chi connectivity index (χ0n) is 17.7. The summed E-state index contributed by atoms with van der Waals surface area (Å²) in [6, 6.07) is 5.66. The normalized spacial score (nSPS) is 19.1. The molecule has 2 saturated heterocycles. The number of anilines is 3. The Hall–Kier alpha value is -3.60. The molecule has 5 rings (SSSR count). The van der Waals surface area contributed by atoms with E-state index in [1.807, 2.05) is 37.1 Å². The Morgan fingerprint density at radius 1 is 1.26 bits per heavy atom. The number of hydrogen-bond acceptors (Lipinski definition) is 8. The van der Waals surface area contributed by atoms with E-state index in [0.717, 1.165) is 28.2 Å². The molecule has 3 N–H and O–H groups in total. The molecule has 0 radical (unpaired) electrons. The van der Waals surface area contributed by atoms with E-state index in [4.69, 9.17) is 10.5 Å². The van der Waals surface area contributed by atoms with E-state index in [2.05, 4.69) is 25.4 Å². The molecule has 0 spiro atoms. The monoisotopic (exact) mass is 423 g/mol. The number of benzene rings is 1. The summed E-state index contributed by atoms with van der Waals surface area (Å²) < 4.78 is 7.02. The molecule has 0 bridgehead atoms. The Kier molecular flexibility index (Phi) is 4.54. The molecule has 2 amide bonds. The number of carbonyl (C=O) groups excluding carboxylic acids is 1. The highest BCUT2D eigenvalue weighted by atomic mass is 16.5. The maximum atomic E-state index is 13.2. The number of nitrogens with zero attached hydrogens (tertiary/aromatic N) is 7. The van der Waals surface area contributed by atoms with Crippen molar-refractivity contribution in [2.24, 2.45) is 7.05 Å². The van der Waals surface area contributed by atoms with Crippen molar-refractivity contribution in [1.29, 1.82) is 0 Å². The number of urea groups is 1. The van der Waals surface area contributed by atoms with Gasteiger partial charge < -0.3 is 20.3 Å². The van der Waals surface area contributed by atoms with Crippen molar-refractivity contribution in [3.63, 3.8) is 0 Å². The molecule has 2 fully saturated rings. The summed E-state index contributed by atoms with van der Waals surface area (Å²) in [5.74, 6) is 1.77. The standard InChI is InChI=1S/C20H25N9O2/c1-12-8-13(4-5-16(12)31-3)29-20(30)28-7-6-27(11-14(28)9-23-29)18-15-10-22-26(2)17(15)24-19(21)25-18/h4-5,8,10,14,23H,6-7,9,11H2,1-3H3,(H2,21,24,25). The van der Waals surface area contributed by atoms with Crippen LogP contribution in [0.4, 0.5) is 22.2 Å². The van der Waals surface area contributed by atoms with Crippen LogP contribution in [0.15, 0.2) is 24.4 Å². The van der Waals surface area contributed by atoms with Gasteiger partial charge in [-0.3, -0.25) is 4.68 Å². The van der Waals surface area contributed by atoms with Crippen molar-refractivity contribution in [1.82, 2.24) is 30.1 Å². The summed E-state index contributed by atoms with van der Waals surface area (Å²) in [7, 11) is 3.47. The maximum absolute atomic E-state index is 13.2. The fraction of sp³-hybridized carbons (Fsp3) is 0.400. The van der Waals surface area contributed by atoms with Gasteiger partial charge in [-0.05, 0) is 30.7 Å². The second kappa shape index (κ2) is 7.27. The molecule has 4 heterocycles. The number of amides is 2. The molecule has 0 aliphatic carbocycles. The van der Waals surface area contributed by atoms with Crippen molar-refractivity contribution in [3.05, 3.63) is 30.0 Å². The van der Waals surface area contributed by atoms with Gasteiger partial charge in [0.25, 0.3) is 0 Å². The number of nitrogen functional groups attached to an aromatic ring is 1. The van der Waals surface area contributed by atoms with Gasteiger partial charge in [-0.25, -0.2) is 15.2 Å². The molecule has 11 heteroatoms. The van der Waals surface area contributed by atoms with E-state index in [0.29, 0.717) is 31.8 Å². The van der Waals surface area contributed by atoms with Crippen LogP contribution in [-0.2, 0) is 7.05 Å². The van der Waals surface area contributed by atoms with Crippen LogP contribution in [0.25, 0.3) is 11.0 Å². The Balaban J connectivity index is 1.37. The molecule has 2 aliphatic heterocycles. The number of fused-ring (bicyclic) bond motifs is 2. The summed E-state index contributed by atoms with van der Waals surface area (Å²) in [6.07, 6.45) is 1.76. The molecule has 1 aromatic carbocycles. The Morgan fingerprint density at radius 2 is 2.10 bits per heavy atom. The maximum Gasteiger partial charge on any atom is 0.339 e. The highest BCUT2D eigenvalue weighted by Gasteiger charge is 2.38. The first kappa shape index (κ1) is 19.4. The predicted molar refractivity (Wildman–Crippen MR) is 117 cm³/mol. The second-order valence-electron chi connectivity index (χ2n) is 7.84. The van der Waals surface area contributed by atoms with E-state index >= 15 is 0 Å². The number of hydrogen-bond donors (Lipinski definition) is 2. The molecule has 31 heavy (non-hydrogen) atoms. The van der Waals surface area contributed by atoms with Crippen LogP contribution in [0.5, 0.6) is 5.75 Å². The number of aryl methyl sites for hydroxylation is 2. The third kappa shape index (κ3) is 3.17. The highest BCUT2D eigenvalue weighted by molar-refractivity contribution is 5.93.